The Bertz CT molecular complexity index is 645. The van der Waals surface area contributed by atoms with Gasteiger partial charge in [0.25, 0.3) is 0 Å². The molecule has 2 heterocycles. The molecule has 2 bridgehead atoms. The highest BCUT2D eigenvalue weighted by atomic mass is 16.6. The van der Waals surface area contributed by atoms with Gasteiger partial charge in [0.2, 0.25) is 0 Å². The van der Waals surface area contributed by atoms with Crippen molar-refractivity contribution in [2.75, 3.05) is 6.61 Å². The molecule has 2 aliphatic rings. The summed E-state index contributed by atoms with van der Waals surface area (Å²) >= 11 is 0. The number of fused-ring (bicyclic) bond motifs is 2. The van der Waals surface area contributed by atoms with Crippen molar-refractivity contribution in [2.24, 2.45) is 0 Å². The van der Waals surface area contributed by atoms with Gasteiger partial charge in [-0.25, -0.2) is 4.79 Å². The Morgan fingerprint density at radius 1 is 1.25 bits per heavy atom. The van der Waals surface area contributed by atoms with Crippen LogP contribution in [0.3, 0.4) is 0 Å². The van der Waals surface area contributed by atoms with E-state index >= 15 is 0 Å². The van der Waals surface area contributed by atoms with Gasteiger partial charge in [-0.05, 0) is 58.6 Å². The van der Waals surface area contributed by atoms with E-state index in [0.717, 1.165) is 30.6 Å². The van der Waals surface area contributed by atoms with Crippen LogP contribution in [0.2, 0.25) is 0 Å². The summed E-state index contributed by atoms with van der Waals surface area (Å²) in [7, 11) is 0. The van der Waals surface area contributed by atoms with Crippen LogP contribution in [-0.4, -0.2) is 35.3 Å². The van der Waals surface area contributed by atoms with Crippen molar-refractivity contribution in [3.05, 3.63) is 35.9 Å². The van der Waals surface area contributed by atoms with Crippen LogP contribution in [0.1, 0.15) is 52.5 Å². The molecule has 4 heteroatoms. The highest BCUT2D eigenvalue weighted by Gasteiger charge is 2.41. The molecule has 1 fully saturated rings. The second-order valence-electron chi connectivity index (χ2n) is 7.51. The van der Waals surface area contributed by atoms with Gasteiger partial charge in [-0.2, -0.15) is 0 Å². The lowest BCUT2D eigenvalue weighted by Crippen LogP contribution is -2.45. The number of amides is 1. The van der Waals surface area contributed by atoms with Crippen molar-refractivity contribution >= 4 is 11.7 Å². The first-order valence-corrected chi connectivity index (χ1v) is 8.83. The average Bonchev–Trinajstić information content (AvgIpc) is 2.77. The van der Waals surface area contributed by atoms with Crippen molar-refractivity contribution in [3.63, 3.8) is 0 Å². The van der Waals surface area contributed by atoms with Gasteiger partial charge in [-0.15, -0.1) is 0 Å². The molecule has 2 atom stereocenters. The average molecular weight is 329 g/mol. The van der Waals surface area contributed by atoms with E-state index in [1.165, 1.54) is 5.57 Å². The first-order valence-electron chi connectivity index (χ1n) is 8.83. The van der Waals surface area contributed by atoms with Gasteiger partial charge in [-0.3, -0.25) is 4.90 Å². The van der Waals surface area contributed by atoms with Gasteiger partial charge in [-0.1, -0.05) is 24.3 Å². The number of para-hydroxylation sites is 1. The molecule has 0 radical (unpaired) electrons. The maximum Gasteiger partial charge on any atom is 0.411 e. The fourth-order valence-electron chi connectivity index (χ4n) is 3.64. The second kappa shape index (κ2) is 6.50. The van der Waals surface area contributed by atoms with E-state index in [1.807, 2.05) is 50.8 Å². The zero-order valence-electron chi connectivity index (χ0n) is 15.0. The Morgan fingerprint density at radius 3 is 2.67 bits per heavy atom. The molecule has 0 aromatic heterocycles. The Labute approximate surface area is 144 Å². The third-order valence-electron chi connectivity index (χ3n) is 4.53. The molecule has 24 heavy (non-hydrogen) atoms. The highest BCUT2D eigenvalue weighted by molar-refractivity contribution is 5.77. The van der Waals surface area contributed by atoms with Gasteiger partial charge in [0.05, 0.1) is 12.6 Å². The fourth-order valence-corrected chi connectivity index (χ4v) is 3.64. The summed E-state index contributed by atoms with van der Waals surface area (Å²) in [6.45, 7) is 8.39. The summed E-state index contributed by atoms with van der Waals surface area (Å²) in [4.78, 5) is 14.5. The Kier molecular flexibility index (Phi) is 4.57. The van der Waals surface area contributed by atoms with Crippen LogP contribution in [0.25, 0.3) is 5.57 Å². The Balaban J connectivity index is 1.84. The third-order valence-corrected chi connectivity index (χ3v) is 4.53. The van der Waals surface area contributed by atoms with E-state index in [0.29, 0.717) is 6.61 Å². The molecule has 130 valence electrons. The van der Waals surface area contributed by atoms with Crippen molar-refractivity contribution < 1.29 is 14.3 Å². The molecule has 0 aliphatic carbocycles. The lowest BCUT2D eigenvalue weighted by Gasteiger charge is -2.35. The van der Waals surface area contributed by atoms with Crippen LogP contribution in [0.5, 0.6) is 5.75 Å². The molecule has 1 aromatic rings. The molecular formula is C20H27NO3. The number of hydrogen-bond acceptors (Lipinski definition) is 3. The predicted molar refractivity (Wildman–Crippen MR) is 95.1 cm³/mol. The Morgan fingerprint density at radius 2 is 2.00 bits per heavy atom. The van der Waals surface area contributed by atoms with Crippen molar-refractivity contribution in [2.45, 2.75) is 64.6 Å². The number of benzene rings is 1. The Hall–Kier alpha value is -1.97. The zero-order valence-corrected chi connectivity index (χ0v) is 15.0. The molecule has 1 amide bonds. The topological polar surface area (TPSA) is 38.8 Å². The van der Waals surface area contributed by atoms with E-state index in [-0.39, 0.29) is 18.2 Å². The monoisotopic (exact) mass is 329 g/mol. The van der Waals surface area contributed by atoms with Crippen LogP contribution in [0, 0.1) is 0 Å². The summed E-state index contributed by atoms with van der Waals surface area (Å²) in [6.07, 6.45) is 4.93. The summed E-state index contributed by atoms with van der Waals surface area (Å²) in [5.41, 5.74) is 1.98. The minimum Gasteiger partial charge on any atom is -0.493 e. The smallest absolute Gasteiger partial charge is 0.411 e. The maximum absolute atomic E-state index is 12.5. The normalized spacial score (nSPS) is 23.0. The minimum atomic E-state index is -0.456. The summed E-state index contributed by atoms with van der Waals surface area (Å²) < 4.78 is 11.4. The zero-order chi connectivity index (χ0) is 17.3. The SMILES string of the molecule is CCOc1ccccc1C1=CC2CCC(C1)N2C(=O)OC(C)(C)C. The highest BCUT2D eigenvalue weighted by Crippen LogP contribution is 2.41. The molecular weight excluding hydrogens is 302 g/mol. The van der Waals surface area contributed by atoms with Crippen LogP contribution in [0.15, 0.2) is 30.3 Å². The number of ether oxygens (including phenoxy) is 2. The van der Waals surface area contributed by atoms with Gasteiger partial charge in [0.1, 0.15) is 11.4 Å². The van der Waals surface area contributed by atoms with E-state index in [2.05, 4.69) is 12.1 Å². The van der Waals surface area contributed by atoms with Crippen LogP contribution in [0.4, 0.5) is 4.79 Å². The molecule has 2 aliphatic heterocycles. The molecule has 0 saturated carbocycles. The van der Waals surface area contributed by atoms with Crippen LogP contribution >= 0.6 is 0 Å². The molecule has 0 N–H and O–H groups in total. The molecule has 1 saturated heterocycles. The van der Waals surface area contributed by atoms with E-state index in [1.54, 1.807) is 0 Å². The van der Waals surface area contributed by atoms with Crippen LogP contribution < -0.4 is 4.74 Å². The first-order chi connectivity index (χ1) is 11.4. The van der Waals surface area contributed by atoms with Crippen LogP contribution in [-0.2, 0) is 4.74 Å². The standard InChI is InChI=1S/C20H27NO3/c1-5-23-18-9-7-6-8-17(18)14-12-15-10-11-16(13-14)21(15)19(22)24-20(2,3)4/h6-9,12,15-16H,5,10-11,13H2,1-4H3. The third kappa shape index (κ3) is 3.42. The number of carbonyl (C=O) groups excluding carboxylic acids is 1. The number of nitrogens with zero attached hydrogens (tertiary/aromatic N) is 1. The molecule has 2 unspecified atom stereocenters. The largest absolute Gasteiger partial charge is 0.493 e. The van der Waals surface area contributed by atoms with Gasteiger partial charge < -0.3 is 9.47 Å². The number of rotatable bonds is 3. The molecule has 4 nitrogen and oxygen atoms in total. The van der Waals surface area contributed by atoms with E-state index in [4.69, 9.17) is 9.47 Å². The van der Waals surface area contributed by atoms with E-state index in [9.17, 15) is 4.79 Å². The molecule has 0 spiro atoms. The maximum atomic E-state index is 12.5. The molecule has 3 rings (SSSR count). The van der Waals surface area contributed by atoms with Crippen molar-refractivity contribution in [1.29, 1.82) is 0 Å². The molecule has 1 aromatic carbocycles. The lowest BCUT2D eigenvalue weighted by atomic mass is 9.94. The first kappa shape index (κ1) is 16.9. The quantitative estimate of drug-likeness (QED) is 0.811. The predicted octanol–water partition coefficient (Wildman–Crippen LogP) is 4.64. The number of carbonyl (C=O) groups is 1. The van der Waals surface area contributed by atoms with Crippen molar-refractivity contribution in [3.8, 4) is 5.75 Å². The second-order valence-corrected chi connectivity index (χ2v) is 7.51. The summed E-state index contributed by atoms with van der Waals surface area (Å²) in [5, 5.41) is 0. The fraction of sp³-hybridized carbons (Fsp3) is 0.550. The number of hydrogen-bond donors (Lipinski definition) is 0. The summed E-state index contributed by atoms with van der Waals surface area (Å²) in [5.74, 6) is 0.927. The van der Waals surface area contributed by atoms with Gasteiger partial charge in [0.15, 0.2) is 0 Å². The lowest BCUT2D eigenvalue weighted by molar-refractivity contribution is 0.0175. The van der Waals surface area contributed by atoms with E-state index < -0.39 is 5.60 Å². The minimum absolute atomic E-state index is 0.128. The van der Waals surface area contributed by atoms with Crippen molar-refractivity contribution in [1.82, 2.24) is 4.90 Å². The van der Waals surface area contributed by atoms with Gasteiger partial charge >= 0.3 is 6.09 Å². The van der Waals surface area contributed by atoms with Gasteiger partial charge in [0, 0.05) is 11.6 Å². The summed E-state index contributed by atoms with van der Waals surface area (Å²) in [6, 6.07) is 8.52.